The number of anilines is 2. The molecular weight excluding hydrogens is 316 g/mol. The summed E-state index contributed by atoms with van der Waals surface area (Å²) in [6, 6.07) is 7.80. The van der Waals surface area contributed by atoms with Gasteiger partial charge in [-0.05, 0) is 50.8 Å². The average Bonchev–Trinajstić information content (AvgIpc) is 2.55. The van der Waals surface area contributed by atoms with Crippen molar-refractivity contribution in [3.05, 3.63) is 42.0 Å². The summed E-state index contributed by atoms with van der Waals surface area (Å²) in [5, 5.41) is 3.22. The number of hydrogen-bond donors (Lipinski definition) is 2. The average molecular weight is 340 g/mol. The second kappa shape index (κ2) is 8.02. The number of carbonyl (C=O) groups is 1. The zero-order chi connectivity index (χ0) is 17.6. The van der Waals surface area contributed by atoms with Crippen LogP contribution in [0.25, 0.3) is 0 Å². The number of primary amides is 1. The van der Waals surface area contributed by atoms with Crippen molar-refractivity contribution in [1.29, 1.82) is 0 Å². The first-order valence-electron chi connectivity index (χ1n) is 8.61. The van der Waals surface area contributed by atoms with Crippen molar-refractivity contribution in [2.45, 2.75) is 26.2 Å². The topological polar surface area (TPSA) is 97.0 Å². The number of carbonyl (C=O) groups excluding carboxylic acids is 1. The van der Waals surface area contributed by atoms with Crippen LogP contribution in [0.1, 0.15) is 24.2 Å². The molecule has 1 aliphatic heterocycles. The van der Waals surface area contributed by atoms with Gasteiger partial charge in [0.15, 0.2) is 0 Å². The summed E-state index contributed by atoms with van der Waals surface area (Å²) in [5.74, 6) is 1.73. The third-order valence-corrected chi connectivity index (χ3v) is 4.35. The molecule has 1 fully saturated rings. The Bertz CT molecular complexity index is 735. The molecule has 0 spiro atoms. The summed E-state index contributed by atoms with van der Waals surface area (Å²) in [4.78, 5) is 26.4. The summed E-state index contributed by atoms with van der Waals surface area (Å²) in [6.07, 6.45) is 4.67. The van der Waals surface area contributed by atoms with Crippen molar-refractivity contribution in [2.24, 2.45) is 11.7 Å². The van der Waals surface area contributed by atoms with Crippen molar-refractivity contribution < 1.29 is 4.79 Å². The molecule has 1 aliphatic rings. The van der Waals surface area contributed by atoms with Crippen LogP contribution in [0, 0.1) is 12.8 Å². The summed E-state index contributed by atoms with van der Waals surface area (Å²) >= 11 is 0. The van der Waals surface area contributed by atoms with E-state index in [2.05, 4.69) is 25.2 Å². The molecule has 132 valence electrons. The Morgan fingerprint density at radius 2 is 2.24 bits per heavy atom. The number of rotatable bonds is 6. The van der Waals surface area contributed by atoms with Gasteiger partial charge >= 0.3 is 0 Å². The van der Waals surface area contributed by atoms with E-state index in [1.165, 1.54) is 0 Å². The second-order valence-electron chi connectivity index (χ2n) is 6.60. The second-order valence-corrected chi connectivity index (χ2v) is 6.60. The number of aromatic nitrogens is 3. The fourth-order valence-electron chi connectivity index (χ4n) is 3.30. The molecule has 1 atom stereocenters. The van der Waals surface area contributed by atoms with Gasteiger partial charge in [-0.2, -0.15) is 0 Å². The quantitative estimate of drug-likeness (QED) is 0.830. The molecule has 3 rings (SSSR count). The Hall–Kier alpha value is -2.54. The van der Waals surface area contributed by atoms with Crippen molar-refractivity contribution in [2.75, 3.05) is 25.0 Å². The van der Waals surface area contributed by atoms with E-state index in [0.29, 0.717) is 12.5 Å². The molecule has 2 aromatic heterocycles. The van der Waals surface area contributed by atoms with Crippen LogP contribution in [0.3, 0.4) is 0 Å². The van der Waals surface area contributed by atoms with E-state index in [1.807, 2.05) is 31.2 Å². The largest absolute Gasteiger partial charge is 0.369 e. The molecular formula is C18H24N6O. The van der Waals surface area contributed by atoms with Crippen LogP contribution in [0.5, 0.6) is 0 Å². The Labute approximate surface area is 147 Å². The lowest BCUT2D eigenvalue weighted by molar-refractivity contribution is -0.119. The predicted molar refractivity (Wildman–Crippen MR) is 96.4 cm³/mol. The first-order valence-corrected chi connectivity index (χ1v) is 8.61. The highest BCUT2D eigenvalue weighted by atomic mass is 16.1. The van der Waals surface area contributed by atoms with Gasteiger partial charge in [0, 0.05) is 24.0 Å². The molecule has 7 nitrogen and oxygen atoms in total. The Morgan fingerprint density at radius 3 is 3.04 bits per heavy atom. The number of aryl methyl sites for hydroxylation is 1. The molecule has 2 aromatic rings. The number of pyridine rings is 1. The number of nitrogens with two attached hydrogens (primary N) is 1. The fraction of sp³-hybridized carbons (Fsp3) is 0.444. The number of nitrogens with one attached hydrogen (secondary N) is 1. The van der Waals surface area contributed by atoms with Gasteiger partial charge in [0.1, 0.15) is 18.0 Å². The third-order valence-electron chi connectivity index (χ3n) is 4.35. The minimum atomic E-state index is -0.264. The van der Waals surface area contributed by atoms with Gasteiger partial charge in [0.25, 0.3) is 0 Å². The highest BCUT2D eigenvalue weighted by Crippen LogP contribution is 2.21. The van der Waals surface area contributed by atoms with E-state index in [0.717, 1.165) is 55.4 Å². The molecule has 25 heavy (non-hydrogen) atoms. The summed E-state index contributed by atoms with van der Waals surface area (Å²) in [7, 11) is 0. The van der Waals surface area contributed by atoms with Crippen LogP contribution in [-0.2, 0) is 11.2 Å². The van der Waals surface area contributed by atoms with E-state index in [9.17, 15) is 4.79 Å². The van der Waals surface area contributed by atoms with Crippen LogP contribution in [0.15, 0.2) is 30.6 Å². The fourth-order valence-corrected chi connectivity index (χ4v) is 3.30. The van der Waals surface area contributed by atoms with E-state index < -0.39 is 0 Å². The van der Waals surface area contributed by atoms with Gasteiger partial charge in [-0.1, -0.05) is 6.07 Å². The molecule has 0 aliphatic carbocycles. The van der Waals surface area contributed by atoms with Crippen molar-refractivity contribution in [1.82, 2.24) is 19.9 Å². The van der Waals surface area contributed by atoms with Crippen molar-refractivity contribution >= 4 is 17.5 Å². The van der Waals surface area contributed by atoms with E-state index in [-0.39, 0.29) is 5.91 Å². The van der Waals surface area contributed by atoms with Gasteiger partial charge in [-0.3, -0.25) is 9.69 Å². The smallest absolute Gasteiger partial charge is 0.231 e. The maximum Gasteiger partial charge on any atom is 0.231 e. The number of nitrogens with zero attached hydrogens (tertiary/aromatic N) is 4. The van der Waals surface area contributed by atoms with E-state index >= 15 is 0 Å². The van der Waals surface area contributed by atoms with Gasteiger partial charge in [-0.15, -0.1) is 0 Å². The van der Waals surface area contributed by atoms with Gasteiger partial charge in [0.05, 0.1) is 6.54 Å². The van der Waals surface area contributed by atoms with Gasteiger partial charge in [0.2, 0.25) is 5.91 Å². The van der Waals surface area contributed by atoms with Crippen molar-refractivity contribution in [3.63, 3.8) is 0 Å². The highest BCUT2D eigenvalue weighted by Gasteiger charge is 2.21. The maximum absolute atomic E-state index is 11.1. The zero-order valence-electron chi connectivity index (χ0n) is 14.5. The molecule has 0 bridgehead atoms. The van der Waals surface area contributed by atoms with Gasteiger partial charge in [-0.25, -0.2) is 15.0 Å². The predicted octanol–water partition coefficient (Wildman–Crippen LogP) is 1.66. The number of hydrogen-bond acceptors (Lipinski definition) is 6. The lowest BCUT2D eigenvalue weighted by Crippen LogP contribution is -2.41. The lowest BCUT2D eigenvalue weighted by Gasteiger charge is -2.31. The molecule has 7 heteroatoms. The molecule has 1 saturated heterocycles. The number of piperidine rings is 1. The molecule has 0 aromatic carbocycles. The van der Waals surface area contributed by atoms with Crippen LogP contribution < -0.4 is 11.1 Å². The van der Waals surface area contributed by atoms with E-state index in [4.69, 9.17) is 5.73 Å². The summed E-state index contributed by atoms with van der Waals surface area (Å²) in [6.45, 7) is 4.12. The third kappa shape index (κ3) is 5.22. The number of amides is 1. The Morgan fingerprint density at radius 1 is 1.36 bits per heavy atom. The monoisotopic (exact) mass is 340 g/mol. The highest BCUT2D eigenvalue weighted by molar-refractivity contribution is 5.75. The van der Waals surface area contributed by atoms with Crippen LogP contribution in [0.2, 0.25) is 0 Å². The molecule has 1 unspecified atom stereocenters. The zero-order valence-corrected chi connectivity index (χ0v) is 14.5. The summed E-state index contributed by atoms with van der Waals surface area (Å²) < 4.78 is 0. The summed E-state index contributed by atoms with van der Waals surface area (Å²) in [5.41, 5.74) is 7.26. The number of likely N-dealkylation sites (tertiary alicyclic amines) is 1. The Balaban J connectivity index is 1.62. The Kier molecular flexibility index (Phi) is 5.55. The van der Waals surface area contributed by atoms with Gasteiger partial charge < -0.3 is 11.1 Å². The minimum absolute atomic E-state index is 0.264. The first kappa shape index (κ1) is 17.3. The van der Waals surface area contributed by atoms with Crippen LogP contribution >= 0.6 is 0 Å². The normalized spacial score (nSPS) is 18.0. The molecule has 0 radical (unpaired) electrons. The minimum Gasteiger partial charge on any atom is -0.369 e. The first-order chi connectivity index (χ1) is 12.1. The molecule has 3 heterocycles. The lowest BCUT2D eigenvalue weighted by atomic mass is 9.93. The molecule has 1 amide bonds. The van der Waals surface area contributed by atoms with Crippen LogP contribution in [-0.4, -0.2) is 45.4 Å². The van der Waals surface area contributed by atoms with Crippen molar-refractivity contribution in [3.8, 4) is 0 Å². The molecule has 3 N–H and O–H groups in total. The molecule has 0 saturated carbocycles. The van der Waals surface area contributed by atoms with Crippen LogP contribution in [0.4, 0.5) is 11.6 Å². The van der Waals surface area contributed by atoms with E-state index in [1.54, 1.807) is 6.33 Å². The standard InChI is InChI=1S/C18H24N6O/c1-13-4-2-6-17(22-13)23-18-9-15(20-12-21-18)8-14-5-3-7-24(10-14)11-16(19)25/h2,4,6,9,12,14H,3,5,7-8,10-11H2,1H3,(H2,19,25)(H,20,21,22,23). The SMILES string of the molecule is Cc1cccc(Nc2cc(CC3CCCN(CC(N)=O)C3)ncn2)n1. The maximum atomic E-state index is 11.1.